The van der Waals surface area contributed by atoms with Gasteiger partial charge in [0.15, 0.2) is 0 Å². The van der Waals surface area contributed by atoms with Gasteiger partial charge in [0.25, 0.3) is 5.91 Å². The molecule has 1 aliphatic rings. The van der Waals surface area contributed by atoms with Crippen LogP contribution < -0.4 is 10.9 Å². The third-order valence-electron chi connectivity index (χ3n) is 5.48. The third kappa shape index (κ3) is 4.58. The molecule has 0 bridgehead atoms. The predicted octanol–water partition coefficient (Wildman–Crippen LogP) is 4.09. The van der Waals surface area contributed by atoms with E-state index in [1.54, 1.807) is 0 Å². The Morgan fingerprint density at radius 3 is 2.65 bits per heavy atom. The lowest BCUT2D eigenvalue weighted by atomic mass is 10.0. The summed E-state index contributed by atoms with van der Waals surface area (Å²) in [5.41, 5.74) is 9.04. The number of benzene rings is 2. The number of aryl methyl sites for hydroxylation is 2. The number of hydrogen-bond acceptors (Lipinski definition) is 6. The largest absolute Gasteiger partial charge is 0.273 e. The van der Waals surface area contributed by atoms with Crippen LogP contribution in [0.2, 0.25) is 0 Å². The number of anilines is 1. The molecule has 0 saturated carbocycles. The first-order chi connectivity index (χ1) is 14.7. The minimum Gasteiger partial charge on any atom is -0.273 e. The lowest BCUT2D eigenvalue weighted by Crippen LogP contribution is -2.39. The molecule has 0 spiro atoms. The summed E-state index contributed by atoms with van der Waals surface area (Å²) in [5, 5.41) is 0.593. The molecule has 2 heterocycles. The molecule has 1 aromatic heterocycles. The molecular weight excluding hydrogens is 432 g/mol. The SMILES string of the molecule is Cc1cc(C)c2sc(NNC(=O)c3ccc(S(=O)(=O)N4CCCC(C)C4)cc3)nc2c1. The number of nitrogens with one attached hydrogen (secondary N) is 2. The highest BCUT2D eigenvalue weighted by molar-refractivity contribution is 7.89. The van der Waals surface area contributed by atoms with E-state index in [0.717, 1.165) is 34.2 Å². The van der Waals surface area contributed by atoms with Gasteiger partial charge in [-0.2, -0.15) is 4.31 Å². The van der Waals surface area contributed by atoms with Crippen LogP contribution in [0.5, 0.6) is 0 Å². The van der Waals surface area contributed by atoms with E-state index < -0.39 is 10.0 Å². The van der Waals surface area contributed by atoms with Gasteiger partial charge in [0.2, 0.25) is 15.2 Å². The van der Waals surface area contributed by atoms with Crippen LogP contribution >= 0.6 is 11.3 Å². The van der Waals surface area contributed by atoms with Crippen molar-refractivity contribution < 1.29 is 13.2 Å². The Morgan fingerprint density at radius 2 is 1.94 bits per heavy atom. The zero-order valence-electron chi connectivity index (χ0n) is 17.8. The van der Waals surface area contributed by atoms with Crippen LogP contribution in [-0.4, -0.2) is 36.7 Å². The van der Waals surface area contributed by atoms with E-state index in [1.165, 1.54) is 39.9 Å². The number of nitrogens with zero attached hydrogens (tertiary/aromatic N) is 2. The van der Waals surface area contributed by atoms with Gasteiger partial charge in [0.1, 0.15) is 0 Å². The van der Waals surface area contributed by atoms with Gasteiger partial charge in [0.05, 0.1) is 15.1 Å². The van der Waals surface area contributed by atoms with Crippen LogP contribution in [0.15, 0.2) is 41.3 Å². The predicted molar refractivity (Wildman–Crippen MR) is 124 cm³/mol. The minimum absolute atomic E-state index is 0.211. The molecule has 164 valence electrons. The van der Waals surface area contributed by atoms with Crippen LogP contribution in [0.4, 0.5) is 5.13 Å². The fraction of sp³-hybridized carbons (Fsp3) is 0.364. The molecule has 1 amide bonds. The summed E-state index contributed by atoms with van der Waals surface area (Å²) >= 11 is 1.47. The van der Waals surface area contributed by atoms with E-state index >= 15 is 0 Å². The highest BCUT2D eigenvalue weighted by Crippen LogP contribution is 2.29. The van der Waals surface area contributed by atoms with Crippen molar-refractivity contribution in [1.29, 1.82) is 0 Å². The molecule has 31 heavy (non-hydrogen) atoms. The van der Waals surface area contributed by atoms with Crippen molar-refractivity contribution in [1.82, 2.24) is 14.7 Å². The van der Waals surface area contributed by atoms with E-state index in [4.69, 9.17) is 0 Å². The van der Waals surface area contributed by atoms with Crippen molar-refractivity contribution in [2.75, 3.05) is 18.5 Å². The van der Waals surface area contributed by atoms with E-state index in [0.29, 0.717) is 29.7 Å². The molecule has 1 aliphatic heterocycles. The number of amides is 1. The number of aromatic nitrogens is 1. The standard InChI is InChI=1S/C22H26N4O3S2/c1-14-5-4-10-26(13-14)31(28,29)18-8-6-17(7-9-18)21(27)24-25-22-23-19-12-15(2)11-16(3)20(19)30-22/h6-9,11-12,14H,4-5,10,13H2,1-3H3,(H,23,25)(H,24,27). The summed E-state index contributed by atoms with van der Waals surface area (Å²) in [6.07, 6.45) is 1.92. The topological polar surface area (TPSA) is 91.4 Å². The van der Waals surface area contributed by atoms with Crippen molar-refractivity contribution in [3.05, 3.63) is 53.1 Å². The van der Waals surface area contributed by atoms with Crippen molar-refractivity contribution in [2.45, 2.75) is 38.5 Å². The van der Waals surface area contributed by atoms with Gasteiger partial charge in [-0.25, -0.2) is 13.4 Å². The van der Waals surface area contributed by atoms with Crippen LogP contribution in [0, 0.1) is 19.8 Å². The molecule has 2 aromatic carbocycles. The zero-order valence-corrected chi connectivity index (χ0v) is 19.4. The number of thiazole rings is 1. The highest BCUT2D eigenvalue weighted by atomic mass is 32.2. The average Bonchev–Trinajstić information content (AvgIpc) is 3.15. The lowest BCUT2D eigenvalue weighted by molar-refractivity contribution is 0.0962. The zero-order chi connectivity index (χ0) is 22.2. The molecule has 9 heteroatoms. The molecule has 0 radical (unpaired) electrons. The van der Waals surface area contributed by atoms with Crippen molar-refractivity contribution >= 4 is 42.6 Å². The molecule has 0 aliphatic carbocycles. The minimum atomic E-state index is -3.54. The maximum Gasteiger partial charge on any atom is 0.269 e. The number of carbonyl (C=O) groups is 1. The van der Waals surface area contributed by atoms with Crippen molar-refractivity contribution in [3.8, 4) is 0 Å². The molecule has 2 N–H and O–H groups in total. The fourth-order valence-corrected chi connectivity index (χ4v) is 6.37. The number of carbonyl (C=O) groups excluding carboxylic acids is 1. The Balaban J connectivity index is 1.43. The highest BCUT2D eigenvalue weighted by Gasteiger charge is 2.28. The number of fused-ring (bicyclic) bond motifs is 1. The van der Waals surface area contributed by atoms with E-state index in [-0.39, 0.29) is 10.8 Å². The normalized spacial score (nSPS) is 17.6. The Bertz CT molecular complexity index is 1220. The number of hydrogen-bond donors (Lipinski definition) is 2. The number of piperidine rings is 1. The molecule has 1 fully saturated rings. The maximum absolute atomic E-state index is 12.9. The van der Waals surface area contributed by atoms with Crippen LogP contribution in [-0.2, 0) is 10.0 Å². The van der Waals surface area contributed by atoms with Gasteiger partial charge >= 0.3 is 0 Å². The fourth-order valence-electron chi connectivity index (χ4n) is 3.90. The monoisotopic (exact) mass is 458 g/mol. The number of hydrazine groups is 1. The van der Waals surface area contributed by atoms with Gasteiger partial charge in [0, 0.05) is 18.7 Å². The molecule has 3 aromatic rings. The summed E-state index contributed by atoms with van der Waals surface area (Å²) in [4.78, 5) is 17.2. The first-order valence-corrected chi connectivity index (χ1v) is 12.5. The molecule has 1 unspecified atom stereocenters. The summed E-state index contributed by atoms with van der Waals surface area (Å²) in [7, 11) is -3.54. The lowest BCUT2D eigenvalue weighted by Gasteiger charge is -2.30. The van der Waals surface area contributed by atoms with Gasteiger partial charge in [-0.05, 0) is 74.1 Å². The van der Waals surface area contributed by atoms with E-state index in [9.17, 15) is 13.2 Å². The van der Waals surface area contributed by atoms with Crippen molar-refractivity contribution in [2.24, 2.45) is 5.92 Å². The molecule has 1 atom stereocenters. The first-order valence-electron chi connectivity index (χ1n) is 10.3. The molecule has 7 nitrogen and oxygen atoms in total. The third-order valence-corrected chi connectivity index (χ3v) is 8.48. The second-order valence-electron chi connectivity index (χ2n) is 8.16. The molecular formula is C22H26N4O3S2. The maximum atomic E-state index is 12.9. The van der Waals surface area contributed by atoms with Gasteiger partial charge < -0.3 is 0 Å². The van der Waals surface area contributed by atoms with Gasteiger partial charge in [-0.3, -0.25) is 15.6 Å². The number of sulfonamides is 1. The Labute approximate surface area is 186 Å². The van der Waals surface area contributed by atoms with Gasteiger partial charge in [-0.1, -0.05) is 24.3 Å². The first kappa shape index (κ1) is 21.7. The van der Waals surface area contributed by atoms with Crippen molar-refractivity contribution in [3.63, 3.8) is 0 Å². The van der Waals surface area contributed by atoms with E-state index in [1.807, 2.05) is 19.9 Å². The van der Waals surface area contributed by atoms with Crippen LogP contribution in [0.25, 0.3) is 10.2 Å². The second kappa shape index (κ2) is 8.57. The Hall–Kier alpha value is -2.49. The summed E-state index contributed by atoms with van der Waals surface area (Å²) < 4.78 is 28.3. The van der Waals surface area contributed by atoms with Gasteiger partial charge in [-0.15, -0.1) is 0 Å². The quantitative estimate of drug-likeness (QED) is 0.562. The Morgan fingerprint density at radius 1 is 1.19 bits per heavy atom. The second-order valence-corrected chi connectivity index (χ2v) is 11.1. The van der Waals surface area contributed by atoms with Crippen LogP contribution in [0.1, 0.15) is 41.3 Å². The van der Waals surface area contributed by atoms with Crippen LogP contribution in [0.3, 0.4) is 0 Å². The van der Waals surface area contributed by atoms with E-state index in [2.05, 4.69) is 28.8 Å². The molecule has 4 rings (SSSR count). The average molecular weight is 459 g/mol. The summed E-state index contributed by atoms with van der Waals surface area (Å²) in [6, 6.07) is 10.2. The summed E-state index contributed by atoms with van der Waals surface area (Å²) in [6.45, 7) is 7.21. The Kier molecular flexibility index (Phi) is 6.00. The smallest absolute Gasteiger partial charge is 0.269 e. The molecule has 1 saturated heterocycles. The number of rotatable bonds is 5. The summed E-state index contributed by atoms with van der Waals surface area (Å²) in [5.74, 6) is -0.00226.